The number of carbonyl (C=O) groups excluding carboxylic acids is 6. The van der Waals surface area contributed by atoms with Crippen LogP contribution in [0.1, 0.15) is 50.2 Å². The van der Waals surface area contributed by atoms with Crippen molar-refractivity contribution >= 4 is 74.9 Å². The van der Waals surface area contributed by atoms with E-state index in [2.05, 4.69) is 28.2 Å². The predicted octanol–water partition coefficient (Wildman–Crippen LogP) is 10.3. The number of nitrogens with one attached hydrogen (secondary N) is 4. The molecule has 0 spiro atoms. The number of benzene rings is 5. The van der Waals surface area contributed by atoms with Crippen LogP contribution in [0.25, 0.3) is 22.3 Å². The fourth-order valence-corrected chi connectivity index (χ4v) is 8.66. The van der Waals surface area contributed by atoms with Crippen molar-refractivity contribution < 1.29 is 28.8 Å². The van der Waals surface area contributed by atoms with Crippen molar-refractivity contribution in [3.05, 3.63) is 139 Å². The Morgan fingerprint density at radius 1 is 0.556 bits per heavy atom. The molecule has 326 valence electrons. The van der Waals surface area contributed by atoms with Crippen molar-refractivity contribution in [2.75, 3.05) is 35.8 Å². The van der Waals surface area contributed by atoms with Gasteiger partial charge in [-0.05, 0) is 89.0 Å². The van der Waals surface area contributed by atoms with Crippen molar-refractivity contribution in [2.24, 2.45) is 0 Å². The average molecular weight is 885 g/mol. The second-order valence-electron chi connectivity index (χ2n) is 15.2. The third-order valence-corrected chi connectivity index (χ3v) is 12.6. The van der Waals surface area contributed by atoms with Gasteiger partial charge in [0.25, 0.3) is 10.5 Å². The zero-order valence-corrected chi connectivity index (χ0v) is 37.2. The number of carbonyl (C=O) groups is 6. The van der Waals surface area contributed by atoms with Gasteiger partial charge in [0, 0.05) is 37.7 Å². The molecule has 12 nitrogen and oxygen atoms in total. The number of amides is 8. The standard InChI is InChI=1S/C25H31N3O3S.C24H21N3O3S/c1-3-4-5-6-7-15-26-24(30)28(2)21-10-8-9-20(17-21)19-13-11-18(12-14-19)16-22-23(29)27-25(31)32-22;1-27(23(29)25-19-7-3-2-4-8-19)20-9-5-6-18(15-20)17-12-10-16(11-13-17)14-21-22(28)26-24(30)31-21/h8-14,17,22H,3-7,15-16H2,1-2H3,(H,26,30)(H,27,29,31);2-13,15,21H,14H2,1H3,(H,25,29)(H,26,28,30). The van der Waals surface area contributed by atoms with Crippen LogP contribution in [0.2, 0.25) is 0 Å². The first-order valence-corrected chi connectivity index (χ1v) is 22.8. The molecule has 63 heavy (non-hydrogen) atoms. The summed E-state index contributed by atoms with van der Waals surface area (Å²) in [6.45, 7) is 2.88. The summed E-state index contributed by atoms with van der Waals surface area (Å²) < 4.78 is 0. The highest BCUT2D eigenvalue weighted by Crippen LogP contribution is 2.29. The lowest BCUT2D eigenvalue weighted by Gasteiger charge is -2.19. The maximum absolute atomic E-state index is 12.6. The highest BCUT2D eigenvalue weighted by atomic mass is 32.2. The summed E-state index contributed by atoms with van der Waals surface area (Å²) in [4.78, 5) is 74.5. The summed E-state index contributed by atoms with van der Waals surface area (Å²) in [5, 5.41) is 9.20. The number of nitrogens with zero attached hydrogens (tertiary/aromatic N) is 2. The fraction of sp³-hybridized carbons (Fsp3) is 0.265. The monoisotopic (exact) mass is 884 g/mol. The number of thioether (sulfide) groups is 2. The molecule has 2 atom stereocenters. The molecule has 5 aromatic rings. The number of urea groups is 2. The molecule has 2 aliphatic rings. The average Bonchev–Trinajstić information content (AvgIpc) is 3.80. The van der Waals surface area contributed by atoms with Crippen LogP contribution < -0.4 is 31.1 Å². The van der Waals surface area contributed by atoms with Gasteiger partial charge in [0.15, 0.2) is 0 Å². The lowest BCUT2D eigenvalue weighted by molar-refractivity contribution is -0.119. The minimum absolute atomic E-state index is 0.102. The first-order valence-electron chi connectivity index (χ1n) is 21.0. The Balaban J connectivity index is 0.000000210. The van der Waals surface area contributed by atoms with Crippen molar-refractivity contribution in [1.82, 2.24) is 16.0 Å². The summed E-state index contributed by atoms with van der Waals surface area (Å²) in [6, 6.07) is 40.5. The predicted molar refractivity (Wildman–Crippen MR) is 255 cm³/mol. The van der Waals surface area contributed by atoms with E-state index in [-0.39, 0.29) is 44.9 Å². The smallest absolute Gasteiger partial charge is 0.326 e. The lowest BCUT2D eigenvalue weighted by atomic mass is 10.0. The molecule has 4 N–H and O–H groups in total. The van der Waals surface area contributed by atoms with E-state index in [4.69, 9.17) is 0 Å². The van der Waals surface area contributed by atoms with Gasteiger partial charge in [-0.25, -0.2) is 9.59 Å². The van der Waals surface area contributed by atoms with E-state index in [1.165, 1.54) is 19.3 Å². The van der Waals surface area contributed by atoms with Crippen LogP contribution in [-0.2, 0) is 22.4 Å². The van der Waals surface area contributed by atoms with Crippen LogP contribution in [0, 0.1) is 0 Å². The third kappa shape index (κ3) is 13.3. The first-order chi connectivity index (χ1) is 30.5. The highest BCUT2D eigenvalue weighted by Gasteiger charge is 2.32. The van der Waals surface area contributed by atoms with Gasteiger partial charge in [-0.15, -0.1) is 0 Å². The fourth-order valence-electron chi connectivity index (χ4n) is 6.94. The minimum atomic E-state index is -0.376. The molecule has 0 bridgehead atoms. The Hall–Kier alpha value is -6.38. The topological polar surface area (TPSA) is 157 Å². The van der Waals surface area contributed by atoms with Gasteiger partial charge in [0.1, 0.15) is 0 Å². The highest BCUT2D eigenvalue weighted by molar-refractivity contribution is 8.15. The normalized spacial score (nSPS) is 15.5. The zero-order chi connectivity index (χ0) is 44.7. The Morgan fingerprint density at radius 3 is 1.49 bits per heavy atom. The summed E-state index contributed by atoms with van der Waals surface area (Å²) in [6.07, 6.45) is 6.84. The Morgan fingerprint density at radius 2 is 1.03 bits per heavy atom. The van der Waals surface area contributed by atoms with Crippen molar-refractivity contribution in [3.63, 3.8) is 0 Å². The number of hydrogen-bond acceptors (Lipinski definition) is 8. The third-order valence-electron chi connectivity index (χ3n) is 10.6. The summed E-state index contributed by atoms with van der Waals surface area (Å²) in [5.41, 5.74) is 8.34. The molecule has 0 aliphatic carbocycles. The van der Waals surface area contributed by atoms with Crippen LogP contribution in [0.15, 0.2) is 127 Å². The molecule has 7 rings (SSSR count). The Labute approximate surface area is 377 Å². The van der Waals surface area contributed by atoms with Crippen LogP contribution in [0.5, 0.6) is 0 Å². The van der Waals surface area contributed by atoms with Crippen LogP contribution >= 0.6 is 23.5 Å². The van der Waals surface area contributed by atoms with Gasteiger partial charge in [0.05, 0.1) is 10.5 Å². The van der Waals surface area contributed by atoms with E-state index in [0.29, 0.717) is 19.4 Å². The summed E-state index contributed by atoms with van der Waals surface area (Å²) in [7, 11) is 3.51. The van der Waals surface area contributed by atoms with E-state index in [1.807, 2.05) is 127 Å². The molecular formula is C49H52N6O6S2. The van der Waals surface area contributed by atoms with E-state index >= 15 is 0 Å². The van der Waals surface area contributed by atoms with Gasteiger partial charge >= 0.3 is 12.1 Å². The Bertz CT molecular complexity index is 2400. The molecule has 2 fully saturated rings. The minimum Gasteiger partial charge on any atom is -0.338 e. The zero-order valence-electron chi connectivity index (χ0n) is 35.6. The first kappa shape index (κ1) is 46.1. The van der Waals surface area contributed by atoms with E-state index in [9.17, 15) is 28.8 Å². The summed E-state index contributed by atoms with van der Waals surface area (Å²) >= 11 is 2.08. The summed E-state index contributed by atoms with van der Waals surface area (Å²) in [5.74, 6) is -0.456. The van der Waals surface area contributed by atoms with E-state index < -0.39 is 0 Å². The number of hydrogen-bond donors (Lipinski definition) is 4. The molecule has 0 saturated carbocycles. The molecular weight excluding hydrogens is 833 g/mol. The van der Waals surface area contributed by atoms with Crippen molar-refractivity contribution in [2.45, 2.75) is 62.4 Å². The number of imide groups is 2. The number of unbranched alkanes of at least 4 members (excludes halogenated alkanes) is 4. The van der Waals surface area contributed by atoms with Crippen LogP contribution in [-0.4, -0.2) is 65.5 Å². The molecule has 2 heterocycles. The van der Waals surface area contributed by atoms with Gasteiger partial charge in [-0.1, -0.05) is 147 Å². The largest absolute Gasteiger partial charge is 0.338 e. The van der Waals surface area contributed by atoms with Crippen LogP contribution in [0.3, 0.4) is 0 Å². The van der Waals surface area contributed by atoms with Crippen LogP contribution in [0.4, 0.5) is 36.2 Å². The second-order valence-corrected chi connectivity index (χ2v) is 17.6. The van der Waals surface area contributed by atoms with E-state index in [0.717, 1.165) is 86.8 Å². The number of para-hydroxylation sites is 1. The molecule has 5 aromatic carbocycles. The molecule has 0 aromatic heterocycles. The van der Waals surface area contributed by atoms with Gasteiger partial charge in [-0.3, -0.25) is 39.6 Å². The molecule has 14 heteroatoms. The maximum atomic E-state index is 12.6. The van der Waals surface area contributed by atoms with Gasteiger partial charge in [-0.2, -0.15) is 0 Å². The molecule has 2 saturated heterocycles. The molecule has 2 aliphatic heterocycles. The SMILES string of the molecule is CCCCCCCNC(=O)N(C)c1cccc(-c2ccc(CC3SC(=O)NC3=O)cc2)c1.CN(C(=O)Nc1ccccc1)c1cccc(-c2ccc(CC3SC(=O)NC3=O)cc2)c1. The second kappa shape index (κ2) is 22.6. The number of rotatable bonds is 15. The van der Waals surface area contributed by atoms with Crippen molar-refractivity contribution in [1.29, 1.82) is 0 Å². The maximum Gasteiger partial charge on any atom is 0.326 e. The van der Waals surface area contributed by atoms with Gasteiger partial charge < -0.3 is 10.6 Å². The quantitative estimate of drug-likeness (QED) is 0.0757. The Kier molecular flexibility index (Phi) is 16.6. The van der Waals surface area contributed by atoms with E-state index in [1.54, 1.807) is 23.9 Å². The number of anilines is 3. The molecule has 8 amide bonds. The van der Waals surface area contributed by atoms with Crippen molar-refractivity contribution in [3.8, 4) is 22.3 Å². The molecule has 0 radical (unpaired) electrons. The van der Waals surface area contributed by atoms with Gasteiger partial charge in [0.2, 0.25) is 11.8 Å². The molecule has 2 unspecified atom stereocenters. The lowest BCUT2D eigenvalue weighted by Crippen LogP contribution is -2.37.